The lowest BCUT2D eigenvalue weighted by Crippen LogP contribution is -2.33. The fourth-order valence-electron chi connectivity index (χ4n) is 2.35. The summed E-state index contributed by atoms with van der Waals surface area (Å²) in [4.78, 5) is 12.4. The van der Waals surface area contributed by atoms with Crippen LogP contribution in [0.1, 0.15) is 6.23 Å². The summed E-state index contributed by atoms with van der Waals surface area (Å²) >= 11 is 1.38. The van der Waals surface area contributed by atoms with Gasteiger partial charge < -0.3 is 25.8 Å². The number of imidazole rings is 1. The number of rotatable bonds is 3. The number of nitrogens with two attached hydrogens (primary N) is 1. The summed E-state index contributed by atoms with van der Waals surface area (Å²) in [5, 5.41) is 29.6. The first-order chi connectivity index (χ1) is 10.1. The summed E-state index contributed by atoms with van der Waals surface area (Å²) < 4.78 is 6.95. The van der Waals surface area contributed by atoms with Crippen molar-refractivity contribution in [3.05, 3.63) is 6.33 Å². The van der Waals surface area contributed by atoms with Gasteiger partial charge in [-0.3, -0.25) is 4.57 Å². The van der Waals surface area contributed by atoms with Crippen molar-refractivity contribution in [2.75, 3.05) is 18.6 Å². The summed E-state index contributed by atoms with van der Waals surface area (Å²) in [7, 11) is 0. The second-order valence-corrected chi connectivity index (χ2v) is 5.44. The molecule has 21 heavy (non-hydrogen) atoms. The molecular formula is C11H15N5O4S. The van der Waals surface area contributed by atoms with E-state index < -0.39 is 31.1 Å². The van der Waals surface area contributed by atoms with Crippen LogP contribution in [0, 0.1) is 0 Å². The van der Waals surface area contributed by atoms with Gasteiger partial charge in [0.1, 0.15) is 28.9 Å². The number of anilines is 1. The lowest BCUT2D eigenvalue weighted by Gasteiger charge is -2.16. The Labute approximate surface area is 123 Å². The number of thioether (sulfide) groups is 1. The van der Waals surface area contributed by atoms with Crippen molar-refractivity contribution < 1.29 is 20.1 Å². The van der Waals surface area contributed by atoms with Crippen molar-refractivity contribution in [3.8, 4) is 0 Å². The van der Waals surface area contributed by atoms with E-state index in [1.54, 1.807) is 0 Å². The fraction of sp³-hybridized carbons (Fsp3) is 0.545. The molecule has 4 atom stereocenters. The lowest BCUT2D eigenvalue weighted by molar-refractivity contribution is -0.0511. The van der Waals surface area contributed by atoms with Crippen LogP contribution in [0.5, 0.6) is 0 Å². The van der Waals surface area contributed by atoms with E-state index in [-0.39, 0.29) is 5.95 Å². The zero-order valence-corrected chi connectivity index (χ0v) is 11.9. The molecule has 10 heteroatoms. The van der Waals surface area contributed by atoms with Crippen LogP contribution in [0.15, 0.2) is 11.4 Å². The van der Waals surface area contributed by atoms with Crippen LogP contribution in [0.3, 0.4) is 0 Å². The molecule has 1 fully saturated rings. The molecule has 0 spiro atoms. The third kappa shape index (κ3) is 2.24. The number of fused-ring (bicyclic) bond motifs is 1. The van der Waals surface area contributed by atoms with Crippen LogP contribution in [0.2, 0.25) is 0 Å². The molecular weight excluding hydrogens is 298 g/mol. The van der Waals surface area contributed by atoms with Crippen LogP contribution in [0.4, 0.5) is 5.95 Å². The molecule has 0 saturated carbocycles. The van der Waals surface area contributed by atoms with Gasteiger partial charge in [-0.25, -0.2) is 9.97 Å². The first kappa shape index (κ1) is 14.5. The maximum atomic E-state index is 10.1. The van der Waals surface area contributed by atoms with E-state index in [1.807, 2.05) is 6.26 Å². The molecule has 1 aliphatic heterocycles. The topological polar surface area (TPSA) is 140 Å². The van der Waals surface area contributed by atoms with E-state index in [4.69, 9.17) is 15.6 Å². The zero-order valence-electron chi connectivity index (χ0n) is 11.1. The first-order valence-corrected chi connectivity index (χ1v) is 7.45. The molecule has 1 saturated heterocycles. The Kier molecular flexibility index (Phi) is 3.71. The highest BCUT2D eigenvalue weighted by Gasteiger charge is 2.44. The van der Waals surface area contributed by atoms with Gasteiger partial charge in [0.05, 0.1) is 12.9 Å². The van der Waals surface area contributed by atoms with Crippen LogP contribution in [-0.4, -0.2) is 66.0 Å². The summed E-state index contributed by atoms with van der Waals surface area (Å²) in [6.45, 7) is -0.394. The van der Waals surface area contributed by atoms with Gasteiger partial charge in [0, 0.05) is 0 Å². The summed E-state index contributed by atoms with van der Waals surface area (Å²) in [6.07, 6.45) is -0.858. The average Bonchev–Trinajstić information content (AvgIpc) is 3.01. The highest BCUT2D eigenvalue weighted by atomic mass is 32.2. The van der Waals surface area contributed by atoms with Crippen LogP contribution in [-0.2, 0) is 4.74 Å². The highest BCUT2D eigenvalue weighted by Crippen LogP contribution is 2.32. The third-order valence-corrected chi connectivity index (χ3v) is 4.06. The maximum absolute atomic E-state index is 10.1. The average molecular weight is 313 g/mol. The van der Waals surface area contributed by atoms with E-state index >= 15 is 0 Å². The number of nitrogens with zero attached hydrogens (tertiary/aromatic N) is 4. The van der Waals surface area contributed by atoms with Gasteiger partial charge in [-0.15, -0.1) is 11.8 Å². The fourth-order valence-corrected chi connectivity index (χ4v) is 2.87. The molecule has 2 aromatic rings. The number of nitrogen functional groups attached to an aromatic ring is 1. The van der Waals surface area contributed by atoms with Crippen molar-refractivity contribution in [3.63, 3.8) is 0 Å². The molecule has 3 heterocycles. The normalized spacial score (nSPS) is 29.3. The van der Waals surface area contributed by atoms with E-state index in [1.165, 1.54) is 22.7 Å². The predicted molar refractivity (Wildman–Crippen MR) is 74.5 cm³/mol. The van der Waals surface area contributed by atoms with Crippen LogP contribution in [0.25, 0.3) is 11.2 Å². The molecule has 3 rings (SSSR count). The molecule has 0 aliphatic carbocycles. The number of ether oxygens (including phenoxy) is 1. The smallest absolute Gasteiger partial charge is 0.223 e. The molecule has 0 aromatic carbocycles. The number of aliphatic hydroxyl groups is 3. The molecule has 0 unspecified atom stereocenters. The Morgan fingerprint density at radius 3 is 2.76 bits per heavy atom. The monoisotopic (exact) mass is 313 g/mol. The Bertz CT molecular complexity index is 665. The molecule has 9 nitrogen and oxygen atoms in total. The van der Waals surface area contributed by atoms with Crippen LogP contribution >= 0.6 is 11.8 Å². The minimum absolute atomic E-state index is 0.0837. The summed E-state index contributed by atoms with van der Waals surface area (Å²) in [5.41, 5.74) is 6.61. The highest BCUT2D eigenvalue weighted by molar-refractivity contribution is 7.98. The Hall–Kier alpha value is -1.46. The van der Waals surface area contributed by atoms with E-state index in [0.29, 0.717) is 16.2 Å². The second-order valence-electron chi connectivity index (χ2n) is 4.64. The number of aromatic nitrogens is 4. The Balaban J connectivity index is 2.07. The van der Waals surface area contributed by atoms with Crippen molar-refractivity contribution in [1.29, 1.82) is 0 Å². The van der Waals surface area contributed by atoms with Crippen molar-refractivity contribution in [2.24, 2.45) is 0 Å². The van der Waals surface area contributed by atoms with Gasteiger partial charge in [0.25, 0.3) is 0 Å². The third-order valence-electron chi connectivity index (χ3n) is 3.39. The van der Waals surface area contributed by atoms with Gasteiger partial charge >= 0.3 is 0 Å². The quantitative estimate of drug-likeness (QED) is 0.404. The molecule has 0 bridgehead atoms. The Morgan fingerprint density at radius 2 is 2.14 bits per heavy atom. The number of aliphatic hydroxyl groups excluding tert-OH is 3. The lowest BCUT2D eigenvalue weighted by atomic mass is 10.1. The van der Waals surface area contributed by atoms with Gasteiger partial charge in [-0.05, 0) is 6.26 Å². The van der Waals surface area contributed by atoms with Gasteiger partial charge in [0.2, 0.25) is 5.95 Å². The zero-order chi connectivity index (χ0) is 15.1. The molecule has 1 aliphatic rings. The van der Waals surface area contributed by atoms with Crippen molar-refractivity contribution in [2.45, 2.75) is 29.6 Å². The van der Waals surface area contributed by atoms with Gasteiger partial charge in [-0.1, -0.05) is 0 Å². The van der Waals surface area contributed by atoms with E-state index in [0.717, 1.165) is 0 Å². The Morgan fingerprint density at radius 1 is 1.38 bits per heavy atom. The minimum atomic E-state index is -1.20. The second kappa shape index (κ2) is 5.39. The SMILES string of the molecule is CSc1nc(N)nc2c1ncn2[C@@H]1O[C@H](CO)[C@@H](O)[C@H]1O. The first-order valence-electron chi connectivity index (χ1n) is 6.23. The molecule has 114 valence electrons. The van der Waals surface area contributed by atoms with E-state index in [2.05, 4.69) is 15.0 Å². The van der Waals surface area contributed by atoms with Gasteiger partial charge in [0.15, 0.2) is 11.9 Å². The largest absolute Gasteiger partial charge is 0.394 e. The summed E-state index contributed by atoms with van der Waals surface area (Å²) in [5.74, 6) is 0.0837. The molecule has 0 radical (unpaired) electrons. The molecule has 5 N–H and O–H groups in total. The maximum Gasteiger partial charge on any atom is 0.223 e. The van der Waals surface area contributed by atoms with Crippen LogP contribution < -0.4 is 5.73 Å². The van der Waals surface area contributed by atoms with Gasteiger partial charge in [-0.2, -0.15) is 4.98 Å². The molecule has 0 amide bonds. The minimum Gasteiger partial charge on any atom is -0.394 e. The molecule has 2 aromatic heterocycles. The van der Waals surface area contributed by atoms with E-state index in [9.17, 15) is 10.2 Å². The standard InChI is InChI=1S/C11H15N5O4S/c1-21-9-5-8(14-11(12)15-9)16(3-13-5)10-7(19)6(18)4(2-17)20-10/h3-4,6-7,10,17-19H,2H2,1H3,(H2,12,14,15)/t4-,6-,7-,10-/m1/s1. The number of hydrogen-bond acceptors (Lipinski definition) is 9. The van der Waals surface area contributed by atoms with Crippen molar-refractivity contribution in [1.82, 2.24) is 19.5 Å². The number of hydrogen-bond donors (Lipinski definition) is 4. The predicted octanol–water partition coefficient (Wildman–Crippen LogP) is -1.26. The van der Waals surface area contributed by atoms with Crippen molar-refractivity contribution >= 4 is 28.9 Å². The summed E-state index contributed by atoms with van der Waals surface area (Å²) in [6, 6.07) is 0.